The Morgan fingerprint density at radius 1 is 1.08 bits per heavy atom. The fraction of sp³-hybridized carbons (Fsp3) is 0.700. The molecule has 7 atom stereocenters. The Balaban J connectivity index is 1.52. The number of nitrogens with zero attached hydrogens (tertiary/aromatic N) is 1. The fourth-order valence-corrected chi connectivity index (χ4v) is 9.88. The normalized spacial score (nSPS) is 40.3. The largest absolute Gasteiger partial charge is 0.456 e. The minimum absolute atomic E-state index is 0.0720. The highest BCUT2D eigenvalue weighted by atomic mass is 19.4. The topological polar surface area (TPSA) is 40.5 Å². The van der Waals surface area contributed by atoms with Gasteiger partial charge in [-0.3, -0.25) is 4.79 Å². The van der Waals surface area contributed by atoms with Gasteiger partial charge in [0.1, 0.15) is 5.60 Å². The van der Waals surface area contributed by atoms with Crippen molar-refractivity contribution in [1.82, 2.24) is 4.90 Å². The SMILES string of the molecule is CN(C)Cc1ccc2c(c1)CC13CCC(=O)C=C1CCC1C3[C@@H]2C[C@@]2(C)C1CC[C@@]2(O)C(F)(F)C(F)(F)F. The summed E-state index contributed by atoms with van der Waals surface area (Å²) in [6.45, 7) is 2.23. The van der Waals surface area contributed by atoms with Gasteiger partial charge in [-0.2, -0.15) is 22.0 Å². The standard InChI is InChI=1S/C30H36F5NO2/c1-26-15-23-21-6-4-17(16-36(2)3)12-18(21)14-27-10-8-20(37)13-19(27)5-7-22(25(23)27)24(26)9-11-28(26,38)29(31,32)30(33,34)35/h4,6,12-13,22-25,38H,5,7-11,14-16H2,1-3H3/t22?,23-,24?,25?,26+,27?,28+/m1/s1. The van der Waals surface area contributed by atoms with Crippen molar-refractivity contribution in [2.45, 2.75) is 88.5 Å². The molecule has 0 aliphatic heterocycles. The zero-order valence-electron chi connectivity index (χ0n) is 22.2. The van der Waals surface area contributed by atoms with Crippen molar-refractivity contribution in [3.05, 3.63) is 46.5 Å². The lowest BCUT2D eigenvalue weighted by Gasteiger charge is -2.65. The van der Waals surface area contributed by atoms with Crippen molar-refractivity contribution in [2.75, 3.05) is 14.1 Å². The number of allylic oxidation sites excluding steroid dienone is 1. The molecule has 8 heteroatoms. The first-order valence-corrected chi connectivity index (χ1v) is 13.8. The van der Waals surface area contributed by atoms with Crippen LogP contribution in [0.1, 0.15) is 74.5 Å². The summed E-state index contributed by atoms with van der Waals surface area (Å²) < 4.78 is 71.5. The zero-order valence-corrected chi connectivity index (χ0v) is 22.2. The molecule has 5 aliphatic carbocycles. The number of benzene rings is 1. The molecule has 38 heavy (non-hydrogen) atoms. The van der Waals surface area contributed by atoms with Crippen LogP contribution in [0.25, 0.3) is 0 Å². The fourth-order valence-electron chi connectivity index (χ4n) is 9.88. The van der Waals surface area contributed by atoms with E-state index in [9.17, 15) is 23.1 Å². The van der Waals surface area contributed by atoms with E-state index < -0.39 is 35.5 Å². The van der Waals surface area contributed by atoms with E-state index in [4.69, 9.17) is 0 Å². The maximum Gasteiger partial charge on any atom is 0.456 e. The van der Waals surface area contributed by atoms with E-state index in [2.05, 4.69) is 11.0 Å². The lowest BCUT2D eigenvalue weighted by atomic mass is 9.39. The predicted octanol–water partition coefficient (Wildman–Crippen LogP) is 6.44. The van der Waals surface area contributed by atoms with E-state index in [1.165, 1.54) is 6.92 Å². The Bertz CT molecular complexity index is 1210. The summed E-state index contributed by atoms with van der Waals surface area (Å²) in [6.07, 6.45) is -1.11. The molecule has 3 fully saturated rings. The second-order valence-corrected chi connectivity index (χ2v) is 13.3. The van der Waals surface area contributed by atoms with Crippen molar-refractivity contribution < 1.29 is 31.9 Å². The van der Waals surface area contributed by atoms with Gasteiger partial charge in [-0.15, -0.1) is 0 Å². The Morgan fingerprint density at radius 2 is 1.82 bits per heavy atom. The van der Waals surface area contributed by atoms with Crippen LogP contribution in [0.15, 0.2) is 29.8 Å². The lowest BCUT2D eigenvalue weighted by molar-refractivity contribution is -0.364. The van der Waals surface area contributed by atoms with Crippen molar-refractivity contribution in [2.24, 2.45) is 28.6 Å². The third-order valence-corrected chi connectivity index (χ3v) is 11.3. The molecule has 1 aromatic rings. The first kappa shape index (κ1) is 26.4. The summed E-state index contributed by atoms with van der Waals surface area (Å²) >= 11 is 0. The van der Waals surface area contributed by atoms with Crippen molar-refractivity contribution in [1.29, 1.82) is 0 Å². The molecule has 0 heterocycles. The van der Waals surface area contributed by atoms with Crippen molar-refractivity contribution in [3.8, 4) is 0 Å². The van der Waals surface area contributed by atoms with Gasteiger partial charge in [0, 0.05) is 18.4 Å². The van der Waals surface area contributed by atoms with E-state index in [1.54, 1.807) is 0 Å². The van der Waals surface area contributed by atoms with E-state index in [-0.39, 0.29) is 41.8 Å². The second kappa shape index (κ2) is 8.12. The monoisotopic (exact) mass is 537 g/mol. The van der Waals surface area contributed by atoms with Gasteiger partial charge in [-0.1, -0.05) is 30.7 Å². The van der Waals surface area contributed by atoms with Crippen LogP contribution >= 0.6 is 0 Å². The number of alkyl halides is 5. The summed E-state index contributed by atoms with van der Waals surface area (Å²) in [5.74, 6) is -5.75. The molecule has 0 amide bonds. The average Bonchev–Trinajstić information content (AvgIpc) is 3.09. The molecule has 208 valence electrons. The van der Waals surface area contributed by atoms with E-state index in [0.717, 1.165) is 35.2 Å². The summed E-state index contributed by atoms with van der Waals surface area (Å²) in [4.78, 5) is 14.5. The number of halogens is 5. The van der Waals surface area contributed by atoms with Crippen LogP contribution in [0.5, 0.6) is 0 Å². The van der Waals surface area contributed by atoms with Gasteiger partial charge in [-0.25, -0.2) is 0 Å². The Labute approximate surface area is 220 Å². The zero-order chi connectivity index (χ0) is 27.5. The molecule has 0 aromatic heterocycles. The number of carbonyl (C=O) groups is 1. The predicted molar refractivity (Wildman–Crippen MR) is 133 cm³/mol. The van der Waals surface area contributed by atoms with Gasteiger partial charge >= 0.3 is 12.1 Å². The number of hydrogen-bond acceptors (Lipinski definition) is 3. The first-order chi connectivity index (χ1) is 17.6. The minimum Gasteiger partial charge on any atom is -0.383 e. The number of fused-ring (bicyclic) bond motifs is 4. The number of carbonyl (C=O) groups excluding carboxylic acids is 1. The highest BCUT2D eigenvalue weighted by molar-refractivity contribution is 5.91. The third kappa shape index (κ3) is 3.28. The van der Waals surface area contributed by atoms with Crippen LogP contribution in [-0.4, -0.2) is 47.6 Å². The van der Waals surface area contributed by atoms with Crippen LogP contribution in [-0.2, 0) is 17.8 Å². The summed E-state index contributed by atoms with van der Waals surface area (Å²) in [5.41, 5.74) is -0.618. The van der Waals surface area contributed by atoms with Crippen molar-refractivity contribution in [3.63, 3.8) is 0 Å². The van der Waals surface area contributed by atoms with Gasteiger partial charge in [-0.05, 0) is 111 Å². The number of hydrogen-bond donors (Lipinski definition) is 1. The number of aliphatic hydroxyl groups is 1. The molecule has 4 unspecified atom stereocenters. The molecule has 0 radical (unpaired) electrons. The Kier molecular flexibility index (Phi) is 5.65. The Hall–Kier alpha value is -1.80. The smallest absolute Gasteiger partial charge is 0.383 e. The molecular weight excluding hydrogens is 501 g/mol. The molecule has 0 saturated heterocycles. The van der Waals surface area contributed by atoms with Gasteiger partial charge in [0.2, 0.25) is 0 Å². The molecule has 1 spiro atoms. The van der Waals surface area contributed by atoms with Gasteiger partial charge in [0.25, 0.3) is 0 Å². The van der Waals surface area contributed by atoms with Crippen LogP contribution in [0.3, 0.4) is 0 Å². The minimum atomic E-state index is -5.82. The van der Waals surface area contributed by atoms with Crippen LogP contribution in [0.2, 0.25) is 0 Å². The average molecular weight is 538 g/mol. The summed E-state index contributed by atoms with van der Waals surface area (Å²) in [7, 11) is 3.97. The van der Waals surface area contributed by atoms with Crippen molar-refractivity contribution >= 4 is 5.78 Å². The summed E-state index contributed by atoms with van der Waals surface area (Å²) in [6, 6.07) is 6.25. The second-order valence-electron chi connectivity index (χ2n) is 13.3. The van der Waals surface area contributed by atoms with Gasteiger partial charge in [0.05, 0.1) is 0 Å². The maximum absolute atomic E-state index is 15.1. The lowest BCUT2D eigenvalue weighted by Crippen LogP contribution is -2.67. The molecule has 6 rings (SSSR count). The molecule has 3 saturated carbocycles. The molecule has 1 aromatic carbocycles. The number of ketones is 1. The number of rotatable bonds is 3. The van der Waals surface area contributed by atoms with Crippen LogP contribution in [0, 0.1) is 28.6 Å². The molecule has 3 nitrogen and oxygen atoms in total. The maximum atomic E-state index is 15.1. The molecular formula is C30H36F5NO2. The highest BCUT2D eigenvalue weighted by Gasteiger charge is 2.80. The highest BCUT2D eigenvalue weighted by Crippen LogP contribution is 2.75. The first-order valence-electron chi connectivity index (χ1n) is 13.8. The van der Waals surface area contributed by atoms with Crippen LogP contribution < -0.4 is 0 Å². The Morgan fingerprint density at radius 3 is 2.50 bits per heavy atom. The summed E-state index contributed by atoms with van der Waals surface area (Å²) in [5, 5.41) is 11.4. The van der Waals surface area contributed by atoms with E-state index in [1.807, 2.05) is 32.3 Å². The van der Waals surface area contributed by atoms with E-state index >= 15 is 8.78 Å². The molecule has 0 bridgehead atoms. The van der Waals surface area contributed by atoms with Gasteiger partial charge < -0.3 is 10.0 Å². The third-order valence-electron chi connectivity index (χ3n) is 11.3. The molecule has 5 aliphatic rings. The molecule has 1 N–H and O–H groups in total. The van der Waals surface area contributed by atoms with Crippen LogP contribution in [0.4, 0.5) is 22.0 Å². The van der Waals surface area contributed by atoms with E-state index in [0.29, 0.717) is 25.7 Å². The quantitative estimate of drug-likeness (QED) is 0.452. The van der Waals surface area contributed by atoms with Gasteiger partial charge in [0.15, 0.2) is 5.78 Å².